The van der Waals surface area contributed by atoms with Crippen molar-refractivity contribution in [2.45, 2.75) is 31.7 Å². The van der Waals surface area contributed by atoms with Crippen molar-refractivity contribution < 1.29 is 4.79 Å². The molecule has 2 rings (SSSR count). The van der Waals surface area contributed by atoms with Crippen LogP contribution in [0.5, 0.6) is 0 Å². The molecule has 0 amide bonds. The second-order valence-corrected chi connectivity index (χ2v) is 5.06. The van der Waals surface area contributed by atoms with Crippen LogP contribution in [0.1, 0.15) is 24.8 Å². The lowest BCUT2D eigenvalue weighted by Crippen LogP contribution is -2.47. The molecular formula is C10H14N2OS. The van der Waals surface area contributed by atoms with Crippen molar-refractivity contribution in [3.8, 4) is 0 Å². The van der Waals surface area contributed by atoms with E-state index in [0.29, 0.717) is 12.3 Å². The van der Waals surface area contributed by atoms with Gasteiger partial charge < -0.3 is 5.73 Å². The highest BCUT2D eigenvalue weighted by molar-refractivity contribution is 7.09. The summed E-state index contributed by atoms with van der Waals surface area (Å²) >= 11 is 1.51. The van der Waals surface area contributed by atoms with Gasteiger partial charge in [0.1, 0.15) is 0 Å². The molecule has 76 valence electrons. The van der Waals surface area contributed by atoms with Crippen LogP contribution in [-0.4, -0.2) is 16.3 Å². The van der Waals surface area contributed by atoms with Crippen LogP contribution >= 0.6 is 11.3 Å². The number of thiazole rings is 1. The van der Waals surface area contributed by atoms with Crippen LogP contribution in [0.25, 0.3) is 0 Å². The molecule has 1 aliphatic carbocycles. The second-order valence-electron chi connectivity index (χ2n) is 4.08. The standard InChI is InChI=1S/C10H14N2OS/c1-10(11,7-2-3-7)8(13)6-9-12-4-5-14-9/h4-5,7H,2-3,6,11H2,1H3. The summed E-state index contributed by atoms with van der Waals surface area (Å²) < 4.78 is 0. The number of aromatic nitrogens is 1. The number of Topliss-reactive ketones (excluding diaryl/α,β-unsaturated/α-hetero) is 1. The van der Waals surface area contributed by atoms with Crippen molar-refractivity contribution in [2.75, 3.05) is 0 Å². The third-order valence-corrected chi connectivity index (χ3v) is 3.60. The van der Waals surface area contributed by atoms with Gasteiger partial charge in [-0.2, -0.15) is 0 Å². The molecule has 1 aliphatic rings. The minimum atomic E-state index is -0.633. The Hall–Kier alpha value is -0.740. The Labute approximate surface area is 87.3 Å². The maximum absolute atomic E-state index is 11.9. The van der Waals surface area contributed by atoms with Gasteiger partial charge in [0.15, 0.2) is 5.78 Å². The normalized spacial score (nSPS) is 20.4. The van der Waals surface area contributed by atoms with Crippen LogP contribution in [0.4, 0.5) is 0 Å². The van der Waals surface area contributed by atoms with E-state index in [2.05, 4.69) is 4.98 Å². The zero-order valence-corrected chi connectivity index (χ0v) is 9.01. The van der Waals surface area contributed by atoms with Crippen molar-refractivity contribution in [1.82, 2.24) is 4.98 Å². The molecule has 0 radical (unpaired) electrons. The fourth-order valence-corrected chi connectivity index (χ4v) is 2.19. The van der Waals surface area contributed by atoms with Gasteiger partial charge in [-0.15, -0.1) is 11.3 Å². The van der Waals surface area contributed by atoms with E-state index < -0.39 is 5.54 Å². The quantitative estimate of drug-likeness (QED) is 0.817. The van der Waals surface area contributed by atoms with Gasteiger partial charge in [-0.1, -0.05) is 0 Å². The molecule has 1 fully saturated rings. The van der Waals surface area contributed by atoms with E-state index in [4.69, 9.17) is 5.73 Å². The first-order chi connectivity index (χ1) is 6.60. The number of nitrogens with two attached hydrogens (primary N) is 1. The van der Waals surface area contributed by atoms with Crippen molar-refractivity contribution in [2.24, 2.45) is 11.7 Å². The highest BCUT2D eigenvalue weighted by Crippen LogP contribution is 2.38. The lowest BCUT2D eigenvalue weighted by molar-refractivity contribution is -0.123. The molecule has 0 bridgehead atoms. The van der Waals surface area contributed by atoms with Crippen LogP contribution in [0.2, 0.25) is 0 Å². The number of rotatable bonds is 4. The molecule has 3 nitrogen and oxygen atoms in total. The summed E-state index contributed by atoms with van der Waals surface area (Å²) in [6.45, 7) is 1.85. The molecule has 0 spiro atoms. The Morgan fingerprint density at radius 1 is 1.79 bits per heavy atom. The molecule has 0 aromatic carbocycles. The molecule has 1 atom stereocenters. The molecule has 0 aliphatic heterocycles. The Morgan fingerprint density at radius 3 is 3.00 bits per heavy atom. The Balaban J connectivity index is 2.01. The fraction of sp³-hybridized carbons (Fsp3) is 0.600. The zero-order chi connectivity index (χ0) is 10.2. The minimum Gasteiger partial charge on any atom is -0.319 e. The van der Waals surface area contributed by atoms with E-state index in [9.17, 15) is 4.79 Å². The summed E-state index contributed by atoms with van der Waals surface area (Å²) in [4.78, 5) is 15.9. The third kappa shape index (κ3) is 1.86. The first-order valence-electron chi connectivity index (χ1n) is 4.81. The van der Waals surface area contributed by atoms with Crippen LogP contribution in [-0.2, 0) is 11.2 Å². The average molecular weight is 210 g/mol. The highest BCUT2D eigenvalue weighted by atomic mass is 32.1. The number of nitrogens with zero attached hydrogens (tertiary/aromatic N) is 1. The predicted octanol–water partition coefficient (Wildman–Crippen LogP) is 1.38. The summed E-state index contributed by atoms with van der Waals surface area (Å²) in [6, 6.07) is 0. The van der Waals surface area contributed by atoms with E-state index in [-0.39, 0.29) is 5.78 Å². The third-order valence-electron chi connectivity index (χ3n) is 2.82. The van der Waals surface area contributed by atoms with Gasteiger partial charge in [-0.25, -0.2) is 4.98 Å². The predicted molar refractivity (Wildman–Crippen MR) is 56.1 cm³/mol. The molecule has 14 heavy (non-hydrogen) atoms. The van der Waals surface area contributed by atoms with Gasteiger partial charge >= 0.3 is 0 Å². The Kier molecular flexibility index (Phi) is 2.41. The highest BCUT2D eigenvalue weighted by Gasteiger charge is 2.43. The van der Waals surface area contributed by atoms with Crippen molar-refractivity contribution in [3.63, 3.8) is 0 Å². The number of ketones is 1. The molecule has 1 heterocycles. The van der Waals surface area contributed by atoms with E-state index >= 15 is 0 Å². The summed E-state index contributed by atoms with van der Waals surface area (Å²) in [6.07, 6.45) is 4.30. The average Bonchev–Trinajstić information content (AvgIpc) is 2.88. The van der Waals surface area contributed by atoms with Gasteiger partial charge in [0, 0.05) is 11.6 Å². The number of hydrogen-bond donors (Lipinski definition) is 1. The van der Waals surface area contributed by atoms with E-state index in [1.165, 1.54) is 11.3 Å². The SMILES string of the molecule is CC(N)(C(=O)Cc1nccs1)C1CC1. The van der Waals surface area contributed by atoms with E-state index in [1.807, 2.05) is 12.3 Å². The van der Waals surface area contributed by atoms with Crippen molar-refractivity contribution in [3.05, 3.63) is 16.6 Å². The topological polar surface area (TPSA) is 56.0 Å². The maximum atomic E-state index is 11.9. The van der Waals surface area contributed by atoms with Crippen LogP contribution in [0, 0.1) is 5.92 Å². The second kappa shape index (κ2) is 3.44. The molecule has 2 N–H and O–H groups in total. The fourth-order valence-electron chi connectivity index (χ4n) is 1.58. The molecule has 4 heteroatoms. The summed E-state index contributed by atoms with van der Waals surface area (Å²) in [5.74, 6) is 0.518. The summed E-state index contributed by atoms with van der Waals surface area (Å²) in [7, 11) is 0. The Bertz CT molecular complexity index is 328. The first kappa shape index (κ1) is 9.80. The molecule has 0 saturated heterocycles. The summed E-state index contributed by atoms with van der Waals surface area (Å²) in [5, 5.41) is 2.75. The van der Waals surface area contributed by atoms with Crippen LogP contribution in [0.3, 0.4) is 0 Å². The molecule has 1 aromatic heterocycles. The molecular weight excluding hydrogens is 196 g/mol. The van der Waals surface area contributed by atoms with Gasteiger partial charge in [0.05, 0.1) is 17.0 Å². The van der Waals surface area contributed by atoms with E-state index in [0.717, 1.165) is 17.8 Å². The molecule has 1 saturated carbocycles. The maximum Gasteiger partial charge on any atom is 0.159 e. The largest absolute Gasteiger partial charge is 0.319 e. The van der Waals surface area contributed by atoms with E-state index in [1.54, 1.807) is 6.20 Å². The molecule has 1 aromatic rings. The number of carbonyl (C=O) groups is 1. The lowest BCUT2D eigenvalue weighted by atomic mass is 9.90. The Morgan fingerprint density at radius 2 is 2.50 bits per heavy atom. The number of carbonyl (C=O) groups excluding carboxylic acids is 1. The van der Waals surface area contributed by atoms with Gasteiger partial charge in [0.2, 0.25) is 0 Å². The van der Waals surface area contributed by atoms with Gasteiger partial charge in [-0.05, 0) is 25.7 Å². The van der Waals surface area contributed by atoms with Crippen LogP contribution in [0.15, 0.2) is 11.6 Å². The minimum absolute atomic E-state index is 0.120. The van der Waals surface area contributed by atoms with Crippen LogP contribution < -0.4 is 5.73 Å². The smallest absolute Gasteiger partial charge is 0.159 e. The summed E-state index contributed by atoms with van der Waals surface area (Å²) in [5.41, 5.74) is 5.38. The first-order valence-corrected chi connectivity index (χ1v) is 5.69. The van der Waals surface area contributed by atoms with Crippen molar-refractivity contribution >= 4 is 17.1 Å². The zero-order valence-electron chi connectivity index (χ0n) is 8.19. The lowest BCUT2D eigenvalue weighted by Gasteiger charge is -2.21. The monoisotopic (exact) mass is 210 g/mol. The number of hydrogen-bond acceptors (Lipinski definition) is 4. The van der Waals surface area contributed by atoms with Gasteiger partial charge in [-0.3, -0.25) is 4.79 Å². The van der Waals surface area contributed by atoms with Gasteiger partial charge in [0.25, 0.3) is 0 Å². The molecule has 1 unspecified atom stereocenters. The van der Waals surface area contributed by atoms with Crippen molar-refractivity contribution in [1.29, 1.82) is 0 Å².